The predicted octanol–water partition coefficient (Wildman–Crippen LogP) is 13.3. The number of aryl methyl sites for hydroxylation is 2. The normalized spacial score (nSPS) is 11.3. The summed E-state index contributed by atoms with van der Waals surface area (Å²) in [6.07, 6.45) is 0. The highest BCUT2D eigenvalue weighted by atomic mass is 79.9. The van der Waals surface area contributed by atoms with Crippen molar-refractivity contribution in [1.82, 2.24) is 9.97 Å². The summed E-state index contributed by atoms with van der Waals surface area (Å²) in [7, 11) is 0. The third-order valence-electron chi connectivity index (χ3n) is 8.88. The van der Waals surface area contributed by atoms with Gasteiger partial charge in [0.2, 0.25) is 0 Å². The highest BCUT2D eigenvalue weighted by Crippen LogP contribution is 2.45. The molecule has 0 radical (unpaired) electrons. The molecule has 4 heteroatoms. The number of rotatable bonds is 5. The minimum absolute atomic E-state index is 0.953. The Kier molecular flexibility index (Phi) is 7.99. The third-order valence-corrected chi connectivity index (χ3v) is 10.2. The molecule has 0 atom stereocenters. The number of hydrogen-bond donors (Lipinski definition) is 0. The zero-order chi connectivity index (χ0) is 32.8. The second-order valence-electron chi connectivity index (χ2n) is 12.3. The molecule has 0 bridgehead atoms. The van der Waals surface area contributed by atoms with Gasteiger partial charge in [-0.2, -0.15) is 0 Å². The molecule has 8 rings (SSSR count). The molecule has 2 aromatic heterocycles. The van der Waals surface area contributed by atoms with E-state index in [1.54, 1.807) is 0 Å². The van der Waals surface area contributed by atoms with E-state index in [1.165, 1.54) is 22.3 Å². The zero-order valence-corrected chi connectivity index (χ0v) is 29.7. The Bertz CT molecular complexity index is 2350. The number of fused-ring (bicyclic) bond motifs is 2. The molecule has 0 saturated carbocycles. The van der Waals surface area contributed by atoms with Gasteiger partial charge in [0, 0.05) is 30.8 Å². The second kappa shape index (κ2) is 12.6. The Morgan fingerprint density at radius 3 is 1.35 bits per heavy atom. The van der Waals surface area contributed by atoms with Crippen LogP contribution < -0.4 is 0 Å². The van der Waals surface area contributed by atoms with E-state index in [9.17, 15) is 0 Å². The van der Waals surface area contributed by atoms with Crippen molar-refractivity contribution in [2.75, 3.05) is 0 Å². The van der Waals surface area contributed by atoms with Crippen LogP contribution in [0.25, 0.3) is 77.7 Å². The molecule has 0 amide bonds. The molecule has 6 aromatic carbocycles. The first-order valence-corrected chi connectivity index (χ1v) is 17.5. The number of pyridine rings is 2. The number of benzene rings is 6. The second-order valence-corrected chi connectivity index (χ2v) is 14.0. The van der Waals surface area contributed by atoms with Crippen LogP contribution in [0.4, 0.5) is 0 Å². The topological polar surface area (TPSA) is 25.8 Å². The maximum Gasteiger partial charge on any atom is 0.0710 e. The minimum Gasteiger partial charge on any atom is -0.248 e. The van der Waals surface area contributed by atoms with Gasteiger partial charge in [0.15, 0.2) is 0 Å². The van der Waals surface area contributed by atoms with Crippen LogP contribution >= 0.6 is 31.9 Å². The van der Waals surface area contributed by atoms with E-state index in [-0.39, 0.29) is 0 Å². The first-order valence-electron chi connectivity index (χ1n) is 16.0. The lowest BCUT2D eigenvalue weighted by Gasteiger charge is -2.19. The molecular formula is C44H30Br2N2. The average Bonchev–Trinajstić information content (AvgIpc) is 3.10. The van der Waals surface area contributed by atoms with E-state index in [4.69, 9.17) is 9.97 Å². The first-order chi connectivity index (χ1) is 23.4. The van der Waals surface area contributed by atoms with Crippen LogP contribution in [-0.2, 0) is 0 Å². The van der Waals surface area contributed by atoms with E-state index >= 15 is 0 Å². The van der Waals surface area contributed by atoms with Crippen molar-refractivity contribution in [2.24, 2.45) is 0 Å². The highest BCUT2D eigenvalue weighted by molar-refractivity contribution is 9.11. The van der Waals surface area contributed by atoms with Gasteiger partial charge in [0.1, 0.15) is 0 Å². The minimum atomic E-state index is 0.953. The Morgan fingerprint density at radius 1 is 0.396 bits per heavy atom. The van der Waals surface area contributed by atoms with Crippen molar-refractivity contribution >= 4 is 53.7 Å². The fraction of sp³-hybridized carbons (Fsp3) is 0.0455. The van der Waals surface area contributed by atoms with E-state index in [2.05, 4.69) is 167 Å². The molecular weight excluding hydrogens is 716 g/mol. The van der Waals surface area contributed by atoms with E-state index < -0.39 is 0 Å². The fourth-order valence-corrected chi connectivity index (χ4v) is 7.86. The molecule has 2 nitrogen and oxygen atoms in total. The fourth-order valence-electron chi connectivity index (χ4n) is 6.67. The summed E-state index contributed by atoms with van der Waals surface area (Å²) in [5.41, 5.74) is 15.5. The summed E-state index contributed by atoms with van der Waals surface area (Å²) >= 11 is 7.94. The Morgan fingerprint density at radius 2 is 0.875 bits per heavy atom. The largest absolute Gasteiger partial charge is 0.248 e. The summed E-state index contributed by atoms with van der Waals surface area (Å²) in [4.78, 5) is 9.90. The van der Waals surface area contributed by atoms with Gasteiger partial charge in [-0.3, -0.25) is 0 Å². The van der Waals surface area contributed by atoms with Gasteiger partial charge in [-0.1, -0.05) is 152 Å². The quantitative estimate of drug-likeness (QED) is 0.175. The lowest BCUT2D eigenvalue weighted by molar-refractivity contribution is 1.38. The molecule has 0 saturated heterocycles. The molecule has 0 unspecified atom stereocenters. The Labute approximate surface area is 297 Å². The van der Waals surface area contributed by atoms with Crippen molar-refractivity contribution in [1.29, 1.82) is 0 Å². The molecule has 0 spiro atoms. The van der Waals surface area contributed by atoms with Crippen LogP contribution in [0.15, 0.2) is 155 Å². The van der Waals surface area contributed by atoms with Crippen LogP contribution in [0.1, 0.15) is 11.1 Å². The summed E-state index contributed by atoms with van der Waals surface area (Å²) < 4.78 is 2.05. The summed E-state index contributed by atoms with van der Waals surface area (Å²) in [5, 5.41) is 2.28. The van der Waals surface area contributed by atoms with Gasteiger partial charge in [-0.05, 0) is 83.6 Å². The molecule has 0 fully saturated rings. The number of para-hydroxylation sites is 2. The lowest BCUT2D eigenvalue weighted by Crippen LogP contribution is -1.94. The SMILES string of the molecule is Cc1cc(C)cc(-c2c(-c3ccc(-c4ccc5ccccc5n4)cc3Br)cccc2-c2ccc(-c3ccc4ccccc4n3)cc2Br)c1. The molecule has 230 valence electrons. The van der Waals surface area contributed by atoms with Gasteiger partial charge in [-0.15, -0.1) is 0 Å². The van der Waals surface area contributed by atoms with Crippen LogP contribution in [0.5, 0.6) is 0 Å². The van der Waals surface area contributed by atoms with Gasteiger partial charge >= 0.3 is 0 Å². The highest BCUT2D eigenvalue weighted by Gasteiger charge is 2.19. The standard InChI is InChI=1S/C44H30Br2N2/c1-27-22-28(2)24-33(23-27)44-36(34-18-14-31(25-38(34)45)42-20-16-29-8-3-5-12-40(29)47-42)10-7-11-37(44)35-19-15-32(26-39(35)46)43-21-17-30-9-4-6-13-41(30)48-43/h3-26H,1-2H3. The van der Waals surface area contributed by atoms with Crippen LogP contribution in [0, 0.1) is 13.8 Å². The number of nitrogens with zero attached hydrogens (tertiary/aromatic N) is 2. The monoisotopic (exact) mass is 744 g/mol. The predicted molar refractivity (Wildman–Crippen MR) is 209 cm³/mol. The smallest absolute Gasteiger partial charge is 0.0710 e. The molecule has 2 heterocycles. The summed E-state index contributed by atoms with van der Waals surface area (Å²) in [5.74, 6) is 0. The van der Waals surface area contributed by atoms with Gasteiger partial charge in [0.25, 0.3) is 0 Å². The van der Waals surface area contributed by atoms with Crippen LogP contribution in [-0.4, -0.2) is 9.97 Å². The van der Waals surface area contributed by atoms with Gasteiger partial charge in [-0.25, -0.2) is 9.97 Å². The van der Waals surface area contributed by atoms with E-state index in [1.807, 2.05) is 24.3 Å². The maximum atomic E-state index is 4.95. The van der Waals surface area contributed by atoms with Crippen LogP contribution in [0.3, 0.4) is 0 Å². The lowest BCUT2D eigenvalue weighted by atomic mass is 9.86. The molecule has 0 aliphatic carbocycles. The van der Waals surface area contributed by atoms with Gasteiger partial charge < -0.3 is 0 Å². The Hall–Kier alpha value is -4.90. The maximum absolute atomic E-state index is 4.95. The zero-order valence-electron chi connectivity index (χ0n) is 26.5. The van der Waals surface area contributed by atoms with Crippen molar-refractivity contribution in [3.8, 4) is 55.9 Å². The summed E-state index contributed by atoms with van der Waals surface area (Å²) in [6.45, 7) is 4.34. The molecule has 48 heavy (non-hydrogen) atoms. The van der Waals surface area contributed by atoms with Crippen molar-refractivity contribution in [2.45, 2.75) is 13.8 Å². The van der Waals surface area contributed by atoms with E-state index in [0.29, 0.717) is 0 Å². The molecule has 0 N–H and O–H groups in total. The third kappa shape index (κ3) is 5.76. The molecule has 0 aliphatic heterocycles. The van der Waals surface area contributed by atoms with Crippen molar-refractivity contribution in [3.63, 3.8) is 0 Å². The van der Waals surface area contributed by atoms with Crippen molar-refractivity contribution in [3.05, 3.63) is 166 Å². The number of aromatic nitrogens is 2. The van der Waals surface area contributed by atoms with Crippen molar-refractivity contribution < 1.29 is 0 Å². The molecule has 0 aliphatic rings. The molecule has 8 aromatic rings. The summed E-state index contributed by atoms with van der Waals surface area (Å²) in [6, 6.07) is 51.5. The number of hydrogen-bond acceptors (Lipinski definition) is 2. The number of halogens is 2. The van der Waals surface area contributed by atoms with Crippen LogP contribution in [0.2, 0.25) is 0 Å². The van der Waals surface area contributed by atoms with E-state index in [0.717, 1.165) is 75.5 Å². The average molecular weight is 747 g/mol. The van der Waals surface area contributed by atoms with Gasteiger partial charge in [0.05, 0.1) is 22.4 Å². The first kappa shape index (κ1) is 30.4. The Balaban J connectivity index is 1.26.